The van der Waals surface area contributed by atoms with Crippen LogP contribution >= 0.6 is 0 Å². The molecule has 0 saturated heterocycles. The summed E-state index contributed by atoms with van der Waals surface area (Å²) in [7, 11) is 0. The van der Waals surface area contributed by atoms with Crippen LogP contribution in [0.5, 0.6) is 0 Å². The van der Waals surface area contributed by atoms with E-state index in [0.29, 0.717) is 0 Å². The molecule has 6 N–H and O–H groups in total. The van der Waals surface area contributed by atoms with Gasteiger partial charge in [-0.1, -0.05) is 24.3 Å². The lowest BCUT2D eigenvalue weighted by Gasteiger charge is -2.24. The third-order valence-electron chi connectivity index (χ3n) is 6.05. The molecule has 3 aromatic carbocycles. The van der Waals surface area contributed by atoms with Crippen LogP contribution in [0.1, 0.15) is 73.3 Å². The van der Waals surface area contributed by atoms with Gasteiger partial charge in [-0.25, -0.2) is 28.8 Å². The zero-order valence-electron chi connectivity index (χ0n) is 19.6. The summed E-state index contributed by atoms with van der Waals surface area (Å²) >= 11 is 0. The van der Waals surface area contributed by atoms with Crippen LogP contribution in [0.4, 0.5) is 0 Å². The van der Waals surface area contributed by atoms with E-state index in [1.54, 1.807) is 0 Å². The number of aromatic carboxylic acids is 6. The Labute approximate surface area is 212 Å². The minimum atomic E-state index is -1.83. The first-order valence-electron chi connectivity index (χ1n) is 10.6. The first-order chi connectivity index (χ1) is 17.7. The van der Waals surface area contributed by atoms with Crippen molar-refractivity contribution in [1.82, 2.24) is 0 Å². The lowest BCUT2D eigenvalue weighted by atomic mass is 9.78. The molecule has 0 fully saturated rings. The summed E-state index contributed by atoms with van der Waals surface area (Å²) in [5.74, 6) is -10.3. The van der Waals surface area contributed by atoms with Crippen LogP contribution in [-0.4, -0.2) is 66.5 Å². The zero-order chi connectivity index (χ0) is 28.6. The highest BCUT2D eigenvalue weighted by molar-refractivity contribution is 6.17. The summed E-state index contributed by atoms with van der Waals surface area (Å²) in [5.41, 5.74) is -6.59. The molecule has 0 unspecified atom stereocenters. The van der Waals surface area contributed by atoms with Crippen molar-refractivity contribution >= 4 is 35.8 Å². The number of carboxylic acids is 6. The van der Waals surface area contributed by atoms with Gasteiger partial charge in [-0.15, -0.1) is 0 Å². The predicted octanol–water partition coefficient (Wildman–Crippen LogP) is 3.83. The van der Waals surface area contributed by atoms with E-state index in [0.717, 1.165) is 30.3 Å². The smallest absolute Gasteiger partial charge is 0.337 e. The van der Waals surface area contributed by atoms with Gasteiger partial charge in [-0.3, -0.25) is 0 Å². The van der Waals surface area contributed by atoms with E-state index >= 15 is 0 Å². The molecule has 0 bridgehead atoms. The topological polar surface area (TPSA) is 224 Å². The minimum absolute atomic E-state index is 0.00417. The van der Waals surface area contributed by atoms with Gasteiger partial charge in [0.1, 0.15) is 0 Å². The Morgan fingerprint density at radius 3 is 1.16 bits per heavy atom. The van der Waals surface area contributed by atoms with Gasteiger partial charge in [0.25, 0.3) is 0 Å². The Kier molecular flexibility index (Phi) is 7.02. The lowest BCUT2D eigenvalue weighted by Crippen LogP contribution is -2.18. The molecule has 0 saturated carbocycles. The van der Waals surface area contributed by atoms with Crippen LogP contribution in [0.3, 0.4) is 0 Å². The summed E-state index contributed by atoms with van der Waals surface area (Å²) < 4.78 is 0. The molecule has 0 amide bonds. The van der Waals surface area contributed by atoms with E-state index < -0.39 is 80.3 Å². The molecular weight excluding hydrogens is 504 g/mol. The van der Waals surface area contributed by atoms with Gasteiger partial charge in [0, 0.05) is 5.56 Å². The molecule has 0 heterocycles. The second-order valence-electron chi connectivity index (χ2n) is 8.04. The highest BCUT2D eigenvalue weighted by atomic mass is 16.4. The summed E-state index contributed by atoms with van der Waals surface area (Å²) in [6.45, 7) is 2.58. The van der Waals surface area contributed by atoms with E-state index in [2.05, 4.69) is 0 Å². The monoisotopic (exact) mass is 522 g/mol. The molecule has 0 atom stereocenters. The van der Waals surface area contributed by atoms with Gasteiger partial charge in [-0.2, -0.15) is 0 Å². The molecule has 0 aliphatic rings. The highest BCUT2D eigenvalue weighted by Gasteiger charge is 2.34. The van der Waals surface area contributed by atoms with E-state index in [1.165, 1.54) is 19.9 Å². The molecule has 0 aliphatic heterocycles. The van der Waals surface area contributed by atoms with E-state index in [4.69, 9.17) is 0 Å². The first kappa shape index (κ1) is 27.1. The average molecular weight is 522 g/mol. The fourth-order valence-electron chi connectivity index (χ4n) is 4.43. The van der Waals surface area contributed by atoms with Gasteiger partial charge in [-0.05, 0) is 53.8 Å². The Morgan fingerprint density at radius 1 is 0.447 bits per heavy atom. The fourth-order valence-corrected chi connectivity index (χ4v) is 4.43. The van der Waals surface area contributed by atoms with Crippen LogP contribution in [0, 0.1) is 13.8 Å². The number of benzene rings is 3. The molecular formula is C26H18O12. The SMILES string of the molecule is Cc1c(C)c(-c2cccc(C(=O)O)c2C(=O)O)c(-c2cccc(C(=O)O)c2C(=O)O)c(C(=O)O)c1C(=O)O. The highest BCUT2D eigenvalue weighted by Crippen LogP contribution is 2.44. The number of rotatable bonds is 8. The predicted molar refractivity (Wildman–Crippen MR) is 129 cm³/mol. The van der Waals surface area contributed by atoms with Crippen molar-refractivity contribution in [2.45, 2.75) is 13.8 Å². The van der Waals surface area contributed by atoms with Crippen molar-refractivity contribution in [3.8, 4) is 22.3 Å². The molecule has 3 aromatic rings. The maximum Gasteiger partial charge on any atom is 0.337 e. The number of hydrogen-bond donors (Lipinski definition) is 6. The summed E-state index contributed by atoms with van der Waals surface area (Å²) in [6.07, 6.45) is 0. The number of carboxylic acid groups (broad SMARTS) is 6. The largest absolute Gasteiger partial charge is 0.478 e. The van der Waals surface area contributed by atoms with E-state index in [1.807, 2.05) is 0 Å². The summed E-state index contributed by atoms with van der Waals surface area (Å²) in [4.78, 5) is 72.8. The maximum absolute atomic E-state index is 12.5. The van der Waals surface area contributed by atoms with Crippen molar-refractivity contribution in [2.24, 2.45) is 0 Å². The van der Waals surface area contributed by atoms with Crippen molar-refractivity contribution in [2.75, 3.05) is 0 Å². The summed E-state index contributed by atoms with van der Waals surface area (Å²) in [6, 6.07) is 6.46. The van der Waals surface area contributed by atoms with Gasteiger partial charge >= 0.3 is 35.8 Å². The standard InChI is InChI=1S/C26H18O12/c1-9-10(2)16(23(31)32)20(26(37)38)19(12-6-4-8-14(22(29)30)18(12)25(35)36)15(9)11-5-3-7-13(21(27)28)17(11)24(33)34/h3-8H,1-2H3,(H,27,28)(H,29,30)(H,31,32)(H,33,34)(H,35,36)(H,37,38). The maximum atomic E-state index is 12.5. The van der Waals surface area contributed by atoms with Crippen LogP contribution in [0.25, 0.3) is 22.3 Å². The normalized spacial score (nSPS) is 10.6. The van der Waals surface area contributed by atoms with Crippen molar-refractivity contribution in [3.63, 3.8) is 0 Å². The van der Waals surface area contributed by atoms with Crippen LogP contribution in [-0.2, 0) is 0 Å². The molecule has 194 valence electrons. The van der Waals surface area contributed by atoms with Gasteiger partial charge in [0.2, 0.25) is 0 Å². The number of hydrogen-bond acceptors (Lipinski definition) is 6. The molecule has 0 aromatic heterocycles. The van der Waals surface area contributed by atoms with Crippen molar-refractivity contribution in [3.05, 3.63) is 80.9 Å². The second kappa shape index (κ2) is 9.85. The van der Waals surface area contributed by atoms with Crippen LogP contribution in [0.15, 0.2) is 36.4 Å². The third-order valence-corrected chi connectivity index (χ3v) is 6.05. The summed E-state index contributed by atoms with van der Waals surface area (Å²) in [5, 5.41) is 59.0. The van der Waals surface area contributed by atoms with E-state index in [-0.39, 0.29) is 22.3 Å². The minimum Gasteiger partial charge on any atom is -0.478 e. The Hall–Kier alpha value is -5.52. The first-order valence-corrected chi connectivity index (χ1v) is 10.6. The Bertz CT molecular complexity index is 1600. The Morgan fingerprint density at radius 2 is 0.816 bits per heavy atom. The average Bonchev–Trinajstić information content (AvgIpc) is 2.83. The lowest BCUT2D eigenvalue weighted by molar-refractivity contribution is 0.0649. The quantitative estimate of drug-likeness (QED) is 0.248. The van der Waals surface area contributed by atoms with Crippen LogP contribution < -0.4 is 0 Å². The van der Waals surface area contributed by atoms with Crippen molar-refractivity contribution in [1.29, 1.82) is 0 Å². The van der Waals surface area contributed by atoms with Gasteiger partial charge in [0.15, 0.2) is 0 Å². The van der Waals surface area contributed by atoms with Crippen molar-refractivity contribution < 1.29 is 59.4 Å². The third kappa shape index (κ3) is 4.30. The van der Waals surface area contributed by atoms with Gasteiger partial charge in [0.05, 0.1) is 33.4 Å². The van der Waals surface area contributed by atoms with Crippen LogP contribution in [0.2, 0.25) is 0 Å². The zero-order valence-corrected chi connectivity index (χ0v) is 19.6. The Balaban J connectivity index is 2.81. The molecule has 0 spiro atoms. The molecule has 12 nitrogen and oxygen atoms in total. The van der Waals surface area contributed by atoms with Gasteiger partial charge < -0.3 is 30.6 Å². The molecule has 12 heteroatoms. The number of carbonyl (C=O) groups is 6. The molecule has 3 rings (SSSR count). The molecule has 0 radical (unpaired) electrons. The van der Waals surface area contributed by atoms with E-state index in [9.17, 15) is 59.4 Å². The fraction of sp³-hybridized carbons (Fsp3) is 0.0769. The molecule has 38 heavy (non-hydrogen) atoms. The second-order valence-corrected chi connectivity index (χ2v) is 8.04. The molecule has 0 aliphatic carbocycles.